The van der Waals surface area contributed by atoms with Gasteiger partial charge in [0.1, 0.15) is 5.92 Å². The van der Waals surface area contributed by atoms with Crippen molar-refractivity contribution in [2.45, 2.75) is 30.9 Å². The predicted molar refractivity (Wildman–Crippen MR) is 89.1 cm³/mol. The number of esters is 1. The zero-order chi connectivity index (χ0) is 16.6. The Hall–Kier alpha value is -2.62. The van der Waals surface area contributed by atoms with E-state index < -0.39 is 11.6 Å². The first-order valence-electron chi connectivity index (χ1n) is 8.33. The van der Waals surface area contributed by atoms with E-state index in [4.69, 9.17) is 4.74 Å². The molecule has 0 unspecified atom stereocenters. The number of carbonyl (C=O) groups excluding carboxylic acids is 2. The van der Waals surface area contributed by atoms with Crippen LogP contribution in [0.3, 0.4) is 0 Å². The van der Waals surface area contributed by atoms with Gasteiger partial charge in [-0.1, -0.05) is 60.7 Å². The Morgan fingerprint density at radius 3 is 2.25 bits per heavy atom. The molecule has 4 rings (SSSR count). The van der Waals surface area contributed by atoms with Gasteiger partial charge in [0.25, 0.3) is 0 Å². The molecule has 0 bridgehead atoms. The lowest BCUT2D eigenvalue weighted by atomic mass is 9.78. The molecule has 122 valence electrons. The summed E-state index contributed by atoms with van der Waals surface area (Å²) < 4.78 is 5.72. The first kappa shape index (κ1) is 14.9. The minimum atomic E-state index is -0.895. The highest BCUT2D eigenvalue weighted by Crippen LogP contribution is 2.48. The maximum atomic E-state index is 12.4. The molecule has 2 aromatic rings. The van der Waals surface area contributed by atoms with Gasteiger partial charge < -0.3 is 9.64 Å². The van der Waals surface area contributed by atoms with Gasteiger partial charge in [0, 0.05) is 19.4 Å². The van der Waals surface area contributed by atoms with Gasteiger partial charge in [-0.25, -0.2) is 0 Å². The van der Waals surface area contributed by atoms with E-state index in [1.807, 2.05) is 60.7 Å². The Bertz CT molecular complexity index is 759. The molecule has 2 aliphatic rings. The largest absolute Gasteiger partial charge is 0.436 e. The Balaban J connectivity index is 1.76. The number of ether oxygens (including phenoxy) is 1. The number of benzene rings is 2. The molecule has 1 amide bonds. The summed E-state index contributed by atoms with van der Waals surface area (Å²) in [6.45, 7) is 0.641. The van der Waals surface area contributed by atoms with Gasteiger partial charge >= 0.3 is 5.97 Å². The fourth-order valence-corrected chi connectivity index (χ4v) is 3.84. The lowest BCUT2D eigenvalue weighted by molar-refractivity contribution is -0.236. The van der Waals surface area contributed by atoms with Crippen LogP contribution in [0.2, 0.25) is 0 Å². The van der Waals surface area contributed by atoms with E-state index in [0.717, 1.165) is 17.5 Å². The van der Waals surface area contributed by atoms with Crippen LogP contribution in [-0.4, -0.2) is 29.0 Å². The van der Waals surface area contributed by atoms with Crippen LogP contribution in [0.15, 0.2) is 60.7 Å². The maximum absolute atomic E-state index is 12.4. The van der Waals surface area contributed by atoms with E-state index in [-0.39, 0.29) is 11.9 Å². The van der Waals surface area contributed by atoms with Crippen LogP contribution in [0.5, 0.6) is 0 Å². The van der Waals surface area contributed by atoms with E-state index >= 15 is 0 Å². The number of carbonyl (C=O) groups is 2. The number of cyclic esters (lactones) is 1. The average molecular weight is 321 g/mol. The molecule has 2 heterocycles. The van der Waals surface area contributed by atoms with Gasteiger partial charge in [0.2, 0.25) is 11.6 Å². The molecule has 0 radical (unpaired) electrons. The number of nitrogens with zero attached hydrogens (tertiary/aromatic N) is 1. The fraction of sp³-hybridized carbons (Fsp3) is 0.300. The molecular weight excluding hydrogens is 302 g/mol. The van der Waals surface area contributed by atoms with Gasteiger partial charge in [-0.05, 0) is 17.5 Å². The van der Waals surface area contributed by atoms with Crippen molar-refractivity contribution >= 4 is 11.9 Å². The summed E-state index contributed by atoms with van der Waals surface area (Å²) in [6, 6.07) is 19.5. The molecule has 0 saturated carbocycles. The van der Waals surface area contributed by atoms with E-state index in [1.165, 1.54) is 0 Å². The summed E-state index contributed by atoms with van der Waals surface area (Å²) in [7, 11) is 0. The predicted octanol–water partition coefficient (Wildman–Crippen LogP) is 2.89. The molecule has 2 aliphatic heterocycles. The summed E-state index contributed by atoms with van der Waals surface area (Å²) in [6.07, 6.45) is 1.86. The fourth-order valence-electron chi connectivity index (χ4n) is 3.84. The first-order chi connectivity index (χ1) is 11.7. The molecule has 0 spiro atoms. The van der Waals surface area contributed by atoms with Crippen molar-refractivity contribution in [1.29, 1.82) is 0 Å². The highest BCUT2D eigenvalue weighted by atomic mass is 16.6. The lowest BCUT2D eigenvalue weighted by Crippen LogP contribution is -2.67. The number of likely N-dealkylation sites (tertiary alicyclic amines) is 1. The van der Waals surface area contributed by atoms with Gasteiger partial charge in [0.05, 0.1) is 0 Å². The molecule has 4 nitrogen and oxygen atoms in total. The normalized spacial score (nSPS) is 26.2. The maximum Gasteiger partial charge on any atom is 0.321 e. The molecule has 2 aromatic carbocycles. The Morgan fingerprint density at radius 2 is 1.67 bits per heavy atom. The minimum absolute atomic E-state index is 0.0689. The van der Waals surface area contributed by atoms with E-state index in [9.17, 15) is 9.59 Å². The summed E-state index contributed by atoms with van der Waals surface area (Å²) in [5.41, 5.74) is 1.07. The summed E-state index contributed by atoms with van der Waals surface area (Å²) in [5, 5.41) is 0. The summed E-state index contributed by atoms with van der Waals surface area (Å²) in [4.78, 5) is 26.5. The highest BCUT2D eigenvalue weighted by molar-refractivity contribution is 5.89. The van der Waals surface area contributed by atoms with Crippen LogP contribution in [0, 0.1) is 0 Å². The third kappa shape index (κ3) is 2.30. The zero-order valence-corrected chi connectivity index (χ0v) is 13.4. The monoisotopic (exact) mass is 321 g/mol. The van der Waals surface area contributed by atoms with Crippen LogP contribution >= 0.6 is 0 Å². The van der Waals surface area contributed by atoms with Crippen molar-refractivity contribution in [2.75, 3.05) is 6.54 Å². The quantitative estimate of drug-likeness (QED) is 0.814. The van der Waals surface area contributed by atoms with Crippen molar-refractivity contribution in [3.8, 4) is 0 Å². The second-order valence-corrected chi connectivity index (χ2v) is 6.42. The summed E-state index contributed by atoms with van der Waals surface area (Å²) in [5.74, 6) is -0.614. The molecule has 0 N–H and O–H groups in total. The number of amides is 1. The van der Waals surface area contributed by atoms with Crippen molar-refractivity contribution in [3.63, 3.8) is 0 Å². The number of rotatable bonds is 4. The molecule has 4 heteroatoms. The third-order valence-electron chi connectivity index (χ3n) is 4.93. The molecule has 2 atom stereocenters. The molecule has 2 saturated heterocycles. The minimum Gasteiger partial charge on any atom is -0.436 e. The van der Waals surface area contributed by atoms with Crippen LogP contribution in [0.1, 0.15) is 29.9 Å². The molecule has 0 aromatic heterocycles. The van der Waals surface area contributed by atoms with Crippen LogP contribution in [-0.2, 0) is 20.7 Å². The van der Waals surface area contributed by atoms with Gasteiger partial charge in [-0.3, -0.25) is 9.59 Å². The Kier molecular flexibility index (Phi) is 3.60. The lowest BCUT2D eigenvalue weighted by Gasteiger charge is -2.52. The molecular formula is C20H19NO3. The van der Waals surface area contributed by atoms with Gasteiger partial charge in [-0.15, -0.1) is 0 Å². The van der Waals surface area contributed by atoms with Gasteiger partial charge in [0.15, 0.2) is 0 Å². The number of hydrogen-bond donors (Lipinski definition) is 0. The van der Waals surface area contributed by atoms with E-state index in [0.29, 0.717) is 19.4 Å². The molecule has 24 heavy (non-hydrogen) atoms. The van der Waals surface area contributed by atoms with Crippen LogP contribution < -0.4 is 0 Å². The zero-order valence-electron chi connectivity index (χ0n) is 13.4. The van der Waals surface area contributed by atoms with Crippen LogP contribution in [0.25, 0.3) is 0 Å². The van der Waals surface area contributed by atoms with Crippen molar-refractivity contribution in [1.82, 2.24) is 4.90 Å². The van der Waals surface area contributed by atoms with Gasteiger partial charge in [-0.2, -0.15) is 0 Å². The second kappa shape index (κ2) is 5.78. The Morgan fingerprint density at radius 1 is 1.00 bits per heavy atom. The molecule has 0 aliphatic carbocycles. The average Bonchev–Trinajstić information content (AvgIpc) is 3.02. The number of hydrogen-bond acceptors (Lipinski definition) is 3. The van der Waals surface area contributed by atoms with Crippen molar-refractivity contribution in [2.24, 2.45) is 0 Å². The van der Waals surface area contributed by atoms with Crippen LogP contribution in [0.4, 0.5) is 0 Å². The third-order valence-corrected chi connectivity index (χ3v) is 4.93. The van der Waals surface area contributed by atoms with E-state index in [1.54, 1.807) is 4.90 Å². The van der Waals surface area contributed by atoms with Crippen molar-refractivity contribution < 1.29 is 14.3 Å². The Labute approximate surface area is 141 Å². The SMILES string of the molecule is O=C1O[C@](Cc2ccccc2)(N2CCCC2=O)[C@@H]1c1ccccc1. The van der Waals surface area contributed by atoms with Crippen molar-refractivity contribution in [3.05, 3.63) is 71.8 Å². The topological polar surface area (TPSA) is 46.6 Å². The summed E-state index contributed by atoms with van der Waals surface area (Å²) >= 11 is 0. The smallest absolute Gasteiger partial charge is 0.321 e. The van der Waals surface area contributed by atoms with E-state index in [2.05, 4.69) is 0 Å². The molecule has 2 fully saturated rings. The highest BCUT2D eigenvalue weighted by Gasteiger charge is 2.62. The first-order valence-corrected chi connectivity index (χ1v) is 8.33. The second-order valence-electron chi connectivity index (χ2n) is 6.42. The standard InChI is InChI=1S/C20H19NO3/c22-17-12-7-13-21(17)20(14-15-8-3-1-4-9-15)18(19(23)24-20)16-10-5-2-6-11-16/h1-6,8-11,18H,7,12-14H2/t18-,20+/m1/s1.